The summed E-state index contributed by atoms with van der Waals surface area (Å²) in [6.07, 6.45) is -7.16. The second-order valence-corrected chi connectivity index (χ2v) is 9.41. The van der Waals surface area contributed by atoms with Gasteiger partial charge in [-0.15, -0.1) is 0 Å². The Morgan fingerprint density at radius 1 is 1.05 bits per heavy atom. The summed E-state index contributed by atoms with van der Waals surface area (Å²) in [7, 11) is -10.0. The number of rotatable bonds is 7. The van der Waals surface area contributed by atoms with Crippen molar-refractivity contribution in [2.75, 3.05) is 6.61 Å². The van der Waals surface area contributed by atoms with Crippen LogP contribution in [0.5, 0.6) is 0 Å². The lowest BCUT2D eigenvalue weighted by Gasteiger charge is -2.20. The number of hydrogen-bond donors (Lipinski definition) is 7. The SMILES string of the molecule is O=P(O)(O)OC[C@H]1O[C@H](OP(=O)(O)OP(O)(O)=S)[C@H](O)[C@@H]1O. The summed E-state index contributed by atoms with van der Waals surface area (Å²) in [5, 5.41) is 19.1. The fraction of sp³-hybridized carbons (Fsp3) is 1.00. The van der Waals surface area contributed by atoms with Gasteiger partial charge in [0.2, 0.25) is 0 Å². The van der Waals surface area contributed by atoms with Crippen LogP contribution in [-0.2, 0) is 39.0 Å². The van der Waals surface area contributed by atoms with Crippen LogP contribution in [-0.4, -0.2) is 65.9 Å². The third-order valence-electron chi connectivity index (χ3n) is 2.17. The molecule has 0 aromatic rings. The summed E-state index contributed by atoms with van der Waals surface area (Å²) < 4.78 is 38.8. The van der Waals surface area contributed by atoms with E-state index >= 15 is 0 Å². The van der Waals surface area contributed by atoms with Crippen LogP contribution < -0.4 is 0 Å². The third-order valence-corrected chi connectivity index (χ3v) is 5.41. The molecule has 13 nitrogen and oxygen atoms in total. The van der Waals surface area contributed by atoms with Gasteiger partial charge in [-0.2, -0.15) is 0 Å². The topological polar surface area (TPSA) is 213 Å². The fourth-order valence-electron chi connectivity index (χ4n) is 1.39. The Morgan fingerprint density at radius 2 is 1.59 bits per heavy atom. The second kappa shape index (κ2) is 7.28. The van der Waals surface area contributed by atoms with Crippen LogP contribution in [0.1, 0.15) is 0 Å². The lowest BCUT2D eigenvalue weighted by atomic mass is 10.1. The minimum atomic E-state index is -5.15. The largest absolute Gasteiger partial charge is 0.481 e. The number of hydrogen-bond acceptors (Lipinski definition) is 9. The number of aliphatic hydroxyl groups excluding tert-OH is 2. The van der Waals surface area contributed by atoms with E-state index in [1.54, 1.807) is 0 Å². The minimum Gasteiger partial charge on any atom is -0.387 e. The molecule has 22 heavy (non-hydrogen) atoms. The summed E-state index contributed by atoms with van der Waals surface area (Å²) in [6.45, 7) is -5.43. The molecule has 0 aromatic carbocycles. The summed E-state index contributed by atoms with van der Waals surface area (Å²) in [5.41, 5.74) is 0. The number of phosphoric acid groups is 2. The maximum Gasteiger partial charge on any atom is 0.481 e. The van der Waals surface area contributed by atoms with Crippen molar-refractivity contribution >= 4 is 34.2 Å². The van der Waals surface area contributed by atoms with Gasteiger partial charge in [-0.25, -0.2) is 13.4 Å². The quantitative estimate of drug-likeness (QED) is 0.225. The molecule has 0 spiro atoms. The van der Waals surface area contributed by atoms with Crippen molar-refractivity contribution in [2.45, 2.75) is 24.6 Å². The van der Waals surface area contributed by atoms with Crippen molar-refractivity contribution in [1.29, 1.82) is 0 Å². The predicted octanol–water partition coefficient (Wildman–Crippen LogP) is -2.11. The first-order valence-corrected chi connectivity index (χ1v) is 10.8. The molecule has 1 rings (SSSR count). The van der Waals surface area contributed by atoms with Gasteiger partial charge in [-0.1, -0.05) is 0 Å². The zero-order chi connectivity index (χ0) is 17.3. The van der Waals surface area contributed by atoms with Crippen molar-refractivity contribution < 1.29 is 61.9 Å². The molecule has 1 aliphatic heterocycles. The Kier molecular flexibility index (Phi) is 6.85. The highest BCUT2D eigenvalue weighted by Crippen LogP contribution is 2.59. The van der Waals surface area contributed by atoms with Crippen LogP contribution in [0.4, 0.5) is 0 Å². The maximum absolute atomic E-state index is 11.4. The van der Waals surface area contributed by atoms with Crippen LogP contribution in [0.15, 0.2) is 0 Å². The summed E-state index contributed by atoms with van der Waals surface area (Å²) >= 11 is 3.96. The summed E-state index contributed by atoms with van der Waals surface area (Å²) in [5.74, 6) is 0. The minimum absolute atomic E-state index is 0.864. The molecule has 0 bridgehead atoms. The summed E-state index contributed by atoms with van der Waals surface area (Å²) in [4.78, 5) is 43.7. The molecule has 0 aliphatic carbocycles. The molecule has 1 saturated heterocycles. The Bertz CT molecular complexity index is 526. The molecule has 0 radical (unpaired) electrons. The first-order valence-electron chi connectivity index (χ1n) is 5.20. The first kappa shape index (κ1) is 20.7. The molecule has 0 amide bonds. The van der Waals surface area contributed by atoms with Crippen molar-refractivity contribution in [3.05, 3.63) is 0 Å². The number of ether oxygens (including phenoxy) is 1. The highest BCUT2D eigenvalue weighted by atomic mass is 32.5. The van der Waals surface area contributed by atoms with Crippen LogP contribution in [0.3, 0.4) is 0 Å². The molecular weight excluding hydrogens is 393 g/mol. The first-order chi connectivity index (χ1) is 9.70. The fourth-order valence-corrected chi connectivity index (χ4v) is 4.16. The van der Waals surface area contributed by atoms with Gasteiger partial charge < -0.3 is 39.4 Å². The van der Waals surface area contributed by atoms with E-state index in [2.05, 4.69) is 25.2 Å². The average Bonchev–Trinajstić information content (AvgIpc) is 2.49. The van der Waals surface area contributed by atoms with E-state index in [1.807, 2.05) is 0 Å². The van der Waals surface area contributed by atoms with Gasteiger partial charge in [0.25, 0.3) is 0 Å². The lowest BCUT2D eigenvalue weighted by molar-refractivity contribution is -0.124. The van der Waals surface area contributed by atoms with Gasteiger partial charge in [-0.3, -0.25) is 9.05 Å². The third kappa shape index (κ3) is 7.05. The van der Waals surface area contributed by atoms with E-state index in [4.69, 9.17) is 24.3 Å². The van der Waals surface area contributed by atoms with Crippen molar-refractivity contribution in [3.63, 3.8) is 0 Å². The van der Waals surface area contributed by atoms with Crippen molar-refractivity contribution in [2.24, 2.45) is 0 Å². The maximum atomic E-state index is 11.4. The zero-order valence-electron chi connectivity index (χ0n) is 10.3. The van der Waals surface area contributed by atoms with E-state index in [0.29, 0.717) is 0 Å². The van der Waals surface area contributed by atoms with E-state index in [-0.39, 0.29) is 0 Å². The van der Waals surface area contributed by atoms with Gasteiger partial charge in [-0.05, 0) is 11.8 Å². The van der Waals surface area contributed by atoms with Crippen molar-refractivity contribution in [1.82, 2.24) is 0 Å². The Morgan fingerprint density at radius 3 is 2.05 bits per heavy atom. The number of aliphatic hydroxyl groups is 2. The van der Waals surface area contributed by atoms with E-state index < -0.39 is 53.6 Å². The van der Waals surface area contributed by atoms with Crippen LogP contribution in [0.25, 0.3) is 0 Å². The van der Waals surface area contributed by atoms with Crippen LogP contribution >= 0.6 is 22.4 Å². The average molecular weight is 406 g/mol. The predicted molar refractivity (Wildman–Crippen MR) is 69.4 cm³/mol. The zero-order valence-corrected chi connectivity index (χ0v) is 13.8. The number of phosphoric ester groups is 2. The van der Waals surface area contributed by atoms with E-state index in [9.17, 15) is 24.2 Å². The molecule has 7 N–H and O–H groups in total. The lowest BCUT2D eigenvalue weighted by Crippen LogP contribution is -2.34. The highest BCUT2D eigenvalue weighted by Gasteiger charge is 2.48. The van der Waals surface area contributed by atoms with Gasteiger partial charge in [0, 0.05) is 0 Å². The Labute approximate surface area is 128 Å². The molecular formula is C5H13O13P3S. The molecule has 132 valence electrons. The normalized spacial score (nSPS) is 32.9. The molecule has 0 saturated carbocycles. The second-order valence-electron chi connectivity index (χ2n) is 3.96. The molecule has 0 aromatic heterocycles. The van der Waals surface area contributed by atoms with Crippen molar-refractivity contribution in [3.8, 4) is 0 Å². The molecule has 1 heterocycles. The van der Waals surface area contributed by atoms with E-state index in [0.717, 1.165) is 0 Å². The monoisotopic (exact) mass is 406 g/mol. The summed E-state index contributed by atoms with van der Waals surface area (Å²) in [6, 6.07) is 0. The smallest absolute Gasteiger partial charge is 0.387 e. The van der Waals surface area contributed by atoms with Gasteiger partial charge in [0.05, 0.1) is 6.61 Å². The molecule has 1 aliphatic rings. The Balaban J connectivity index is 2.68. The van der Waals surface area contributed by atoms with E-state index in [1.165, 1.54) is 0 Å². The molecule has 17 heteroatoms. The molecule has 5 atom stereocenters. The molecule has 1 unspecified atom stereocenters. The Hall–Kier alpha value is 0.670. The van der Waals surface area contributed by atoms with Crippen LogP contribution in [0.2, 0.25) is 0 Å². The standard InChI is InChI=1S/C5H13O13P3S/c6-3-2(1-15-19(8,9)10)16-5(4(3)7)17-20(11,12)18-21(13,14)22/h2-7H,1H2,(H,11,12)(H2,8,9,10)(H2,13,14,22)/t2-,3-,4-,5-/m1/s1. The van der Waals surface area contributed by atoms with Gasteiger partial charge in [0.15, 0.2) is 6.29 Å². The molecule has 1 fully saturated rings. The van der Waals surface area contributed by atoms with Gasteiger partial charge in [0.1, 0.15) is 18.3 Å². The van der Waals surface area contributed by atoms with Crippen LogP contribution in [0, 0.1) is 0 Å². The van der Waals surface area contributed by atoms with Gasteiger partial charge >= 0.3 is 22.4 Å². The highest BCUT2D eigenvalue weighted by molar-refractivity contribution is 8.08.